The van der Waals surface area contributed by atoms with Gasteiger partial charge in [0.2, 0.25) is 0 Å². The molecule has 0 aromatic heterocycles. The topological polar surface area (TPSA) is 134 Å². The molecule has 0 saturated heterocycles. The maximum atomic E-state index is 14.8. The lowest BCUT2D eigenvalue weighted by molar-refractivity contribution is 0.0471. The Labute approximate surface area is 494 Å². The maximum Gasteiger partial charge on any atom is 0.338 e. The zero-order valence-corrected chi connectivity index (χ0v) is 51.4. The molecule has 0 fully saturated rings. The van der Waals surface area contributed by atoms with Crippen molar-refractivity contribution < 1.29 is 57.0 Å². The number of methoxy groups -OCH3 is 6. The summed E-state index contributed by atoms with van der Waals surface area (Å²) < 4.78 is 57.9. The van der Waals surface area contributed by atoms with Crippen LogP contribution in [0.2, 0.25) is 0 Å². The van der Waals surface area contributed by atoms with Crippen molar-refractivity contribution in [3.8, 4) is 34.5 Å². The third-order valence-electron chi connectivity index (χ3n) is 16.5. The third kappa shape index (κ3) is 11.9. The number of rotatable bonds is 6. The molecule has 0 unspecified atom stereocenters. The number of esters is 3. The smallest absolute Gasteiger partial charge is 0.338 e. The molecule has 7 aromatic rings. The molecule has 0 aliphatic carbocycles. The van der Waals surface area contributed by atoms with E-state index < -0.39 is 17.9 Å². The Balaban J connectivity index is 1.38. The average molecular weight is 1140 g/mol. The fourth-order valence-electron chi connectivity index (χ4n) is 12.3. The van der Waals surface area contributed by atoms with Crippen molar-refractivity contribution in [2.24, 2.45) is 0 Å². The van der Waals surface area contributed by atoms with E-state index in [0.29, 0.717) is 106 Å². The molecule has 7 aromatic carbocycles. The lowest BCUT2D eigenvalue weighted by atomic mass is 9.81. The molecule has 0 radical (unpaired) electrons. The van der Waals surface area contributed by atoms with E-state index in [-0.39, 0.29) is 36.1 Å². The summed E-state index contributed by atoms with van der Waals surface area (Å²) in [6.45, 7) is 19.2. The second-order valence-electron chi connectivity index (χ2n) is 25.7. The molecule has 12 heteroatoms. The van der Waals surface area contributed by atoms with Crippen LogP contribution in [0.15, 0.2) is 91.0 Å². The monoisotopic (exact) mass is 1130 g/mol. The number of hydrogen-bond acceptors (Lipinski definition) is 12. The number of ether oxygens (including phenoxy) is 9. The second-order valence-corrected chi connectivity index (χ2v) is 25.7. The Morgan fingerprint density at radius 1 is 0.274 bits per heavy atom. The summed E-state index contributed by atoms with van der Waals surface area (Å²) in [6.07, 6.45) is 1.78. The zero-order valence-electron chi connectivity index (χ0n) is 51.4. The normalized spacial score (nSPS) is 14.5. The van der Waals surface area contributed by atoms with E-state index in [1.54, 1.807) is 42.7 Å². The highest BCUT2D eigenvalue weighted by Gasteiger charge is 2.30. The summed E-state index contributed by atoms with van der Waals surface area (Å²) in [7, 11) is 10.0. The summed E-state index contributed by atoms with van der Waals surface area (Å²) in [6, 6.07) is 29.8. The van der Waals surface area contributed by atoms with Crippen molar-refractivity contribution in [2.45, 2.75) is 137 Å². The van der Waals surface area contributed by atoms with Gasteiger partial charge in [0.25, 0.3) is 0 Å². The molecular weight excluding hydrogens is 1060 g/mol. The standard InChI is InChI=1S/C72H78O12/c1-70(2,3)58-31-49-19-43-25-55-27-45(61(43)76-10)21-51-33-59(71(4,5)6)35-53(65(51)80-14)23-47-29-57-30-48(63(47)78-12)24-54-36-60(72(7,8)9)34-52(66(54)81-15)22-46-28-56(26-44(62(46)77-11)20-50(32-58)64(49)79-13)68(74)83-38-41-16-40(37-82-67(55)73)17-42(18-41)39-84-69(57)75/h16-18,25-36H,19-24,37-39H2,1-15H3. The number of benzene rings is 7. The minimum absolute atomic E-state index is 0.148. The average Bonchev–Trinajstić information content (AvgIpc) is 1.78. The van der Waals surface area contributed by atoms with Crippen molar-refractivity contribution in [1.82, 2.24) is 0 Å². The van der Waals surface area contributed by atoms with E-state index in [2.05, 4.69) is 98.7 Å². The van der Waals surface area contributed by atoms with Crippen LogP contribution in [0.3, 0.4) is 0 Å². The first kappa shape index (κ1) is 58.9. The fourth-order valence-corrected chi connectivity index (χ4v) is 12.3. The van der Waals surface area contributed by atoms with Crippen LogP contribution in [0.5, 0.6) is 34.5 Å². The van der Waals surface area contributed by atoms with E-state index in [9.17, 15) is 14.4 Å². The molecule has 3 aliphatic heterocycles. The number of fused-ring (bicyclic) bond motifs is 18. The first-order chi connectivity index (χ1) is 39.9. The van der Waals surface area contributed by atoms with Crippen molar-refractivity contribution >= 4 is 17.9 Å². The first-order valence-corrected chi connectivity index (χ1v) is 28.7. The van der Waals surface area contributed by atoms with Crippen LogP contribution in [0, 0.1) is 0 Å². The molecular formula is C72H78O12. The van der Waals surface area contributed by atoms with Gasteiger partial charge in [-0.15, -0.1) is 0 Å². The minimum atomic E-state index is -0.560. The quantitative estimate of drug-likeness (QED) is 0.116. The van der Waals surface area contributed by atoms with Gasteiger partial charge in [0.1, 0.15) is 54.3 Å². The van der Waals surface area contributed by atoms with Crippen LogP contribution in [0.4, 0.5) is 0 Å². The summed E-state index contributed by atoms with van der Waals surface area (Å²) in [5.41, 5.74) is 14.6. The van der Waals surface area contributed by atoms with Crippen LogP contribution in [-0.2, 0) is 88.8 Å². The van der Waals surface area contributed by atoms with E-state index in [0.717, 1.165) is 83.5 Å². The molecule has 438 valence electrons. The van der Waals surface area contributed by atoms with Crippen LogP contribution in [0.25, 0.3) is 0 Å². The predicted octanol–water partition coefficient (Wildman–Crippen LogP) is 14.2. The maximum absolute atomic E-state index is 14.8. The Hall–Kier alpha value is -8.25. The Kier molecular flexibility index (Phi) is 16.2. The molecule has 12 nitrogen and oxygen atoms in total. The molecule has 10 rings (SSSR count). The summed E-state index contributed by atoms with van der Waals surface area (Å²) in [5.74, 6) is 2.04. The molecule has 18 bridgehead atoms. The van der Waals surface area contributed by atoms with Gasteiger partial charge < -0.3 is 42.6 Å². The van der Waals surface area contributed by atoms with Gasteiger partial charge in [0, 0.05) is 38.5 Å². The van der Waals surface area contributed by atoms with Gasteiger partial charge in [0.05, 0.1) is 59.3 Å². The van der Waals surface area contributed by atoms with Gasteiger partial charge in [-0.1, -0.05) is 98.7 Å². The largest absolute Gasteiger partial charge is 0.496 e. The molecule has 3 heterocycles. The van der Waals surface area contributed by atoms with E-state index in [1.807, 2.05) is 54.6 Å². The number of carbonyl (C=O) groups is 3. The highest BCUT2D eigenvalue weighted by molar-refractivity contribution is 5.92. The highest BCUT2D eigenvalue weighted by atomic mass is 16.5. The molecule has 0 N–H and O–H groups in total. The van der Waals surface area contributed by atoms with Crippen molar-refractivity contribution in [3.63, 3.8) is 0 Å². The number of hydrogen-bond donors (Lipinski definition) is 0. The molecule has 0 atom stereocenters. The molecule has 0 amide bonds. The molecule has 3 aliphatic rings. The van der Waals surface area contributed by atoms with E-state index in [4.69, 9.17) is 42.6 Å². The van der Waals surface area contributed by atoms with E-state index >= 15 is 0 Å². The third-order valence-corrected chi connectivity index (χ3v) is 16.5. The zero-order chi connectivity index (χ0) is 60.2. The first-order valence-electron chi connectivity index (χ1n) is 28.7. The van der Waals surface area contributed by atoms with Gasteiger partial charge in [-0.2, -0.15) is 0 Å². The van der Waals surface area contributed by atoms with Gasteiger partial charge in [-0.25, -0.2) is 14.4 Å². The minimum Gasteiger partial charge on any atom is -0.496 e. The fraction of sp³-hybridized carbons (Fsp3) is 0.375. The van der Waals surface area contributed by atoms with Crippen LogP contribution < -0.4 is 28.4 Å². The van der Waals surface area contributed by atoms with Gasteiger partial charge in [-0.3, -0.25) is 0 Å². The summed E-state index contributed by atoms with van der Waals surface area (Å²) >= 11 is 0. The lowest BCUT2D eigenvalue weighted by Crippen LogP contribution is -2.16. The van der Waals surface area contributed by atoms with Gasteiger partial charge in [-0.05, 0) is 171 Å². The Morgan fingerprint density at radius 2 is 0.440 bits per heavy atom. The van der Waals surface area contributed by atoms with Crippen molar-refractivity contribution in [3.05, 3.63) is 208 Å². The molecule has 0 saturated carbocycles. The highest BCUT2D eigenvalue weighted by Crippen LogP contribution is 2.45. The predicted molar refractivity (Wildman–Crippen MR) is 325 cm³/mol. The van der Waals surface area contributed by atoms with Crippen LogP contribution >= 0.6 is 0 Å². The molecule has 84 heavy (non-hydrogen) atoms. The van der Waals surface area contributed by atoms with Gasteiger partial charge >= 0.3 is 17.9 Å². The summed E-state index contributed by atoms with van der Waals surface area (Å²) in [5, 5.41) is 0. The van der Waals surface area contributed by atoms with Crippen molar-refractivity contribution in [1.29, 1.82) is 0 Å². The Bertz CT molecular complexity index is 3220. The second kappa shape index (κ2) is 23.1. The number of carbonyl (C=O) groups excluding carboxylic acids is 3. The Morgan fingerprint density at radius 3 is 0.595 bits per heavy atom. The van der Waals surface area contributed by atoms with Gasteiger partial charge in [0.15, 0.2) is 0 Å². The van der Waals surface area contributed by atoms with E-state index in [1.165, 1.54) is 0 Å². The van der Waals surface area contributed by atoms with Crippen LogP contribution in [0.1, 0.15) is 194 Å². The van der Waals surface area contributed by atoms with Crippen molar-refractivity contribution in [2.75, 3.05) is 42.7 Å². The molecule has 0 spiro atoms. The summed E-state index contributed by atoms with van der Waals surface area (Å²) in [4.78, 5) is 44.5. The SMILES string of the molecule is COc1c2cc3cc1Cc1cc(C(C)(C)C)cc(c1OC)Cc1cc4cc(c1OC)Cc1cc(C(C)(C)C)cc(c1OC)Cc1cc(cc(c1OC)Cc1cc(C(C)(C)C)cc(c1OC)C2)C(=O)OCc1cc(cc(c1)COC4=O)COC3=O. The van der Waals surface area contributed by atoms with Crippen LogP contribution in [-0.4, -0.2) is 60.6 Å². The lowest BCUT2D eigenvalue weighted by Gasteiger charge is -2.26.